The number of hydrogen-bond acceptors (Lipinski definition) is 3. The molecule has 0 amide bonds. The van der Waals surface area contributed by atoms with Crippen molar-refractivity contribution >= 4 is 10.0 Å². The van der Waals surface area contributed by atoms with E-state index in [1.807, 2.05) is 7.05 Å². The van der Waals surface area contributed by atoms with Crippen LogP contribution in [0.4, 0.5) is 4.39 Å². The molecule has 20 heavy (non-hydrogen) atoms. The van der Waals surface area contributed by atoms with E-state index in [0.717, 1.165) is 25.9 Å². The minimum atomic E-state index is -3.45. The average molecular weight is 298 g/mol. The number of benzene rings is 1. The highest BCUT2D eigenvalue weighted by Crippen LogP contribution is 2.33. The van der Waals surface area contributed by atoms with Crippen LogP contribution in [-0.4, -0.2) is 49.8 Å². The van der Waals surface area contributed by atoms with Crippen LogP contribution in [0.25, 0.3) is 0 Å². The average Bonchev–Trinajstić information content (AvgIpc) is 2.66. The van der Waals surface area contributed by atoms with Gasteiger partial charge in [0.25, 0.3) is 0 Å². The van der Waals surface area contributed by atoms with Gasteiger partial charge >= 0.3 is 0 Å². The Balaban J connectivity index is 1.85. The second-order valence-corrected chi connectivity index (χ2v) is 7.66. The Morgan fingerprint density at radius 1 is 1.20 bits per heavy atom. The quantitative estimate of drug-likeness (QED) is 0.848. The van der Waals surface area contributed by atoms with Gasteiger partial charge in [0.1, 0.15) is 5.82 Å². The predicted molar refractivity (Wildman–Crippen MR) is 75.2 cm³/mol. The summed E-state index contributed by atoms with van der Waals surface area (Å²) >= 11 is 0. The van der Waals surface area contributed by atoms with E-state index in [4.69, 9.17) is 0 Å². The topological polar surface area (TPSA) is 40.6 Å². The molecule has 0 N–H and O–H groups in total. The zero-order chi connectivity index (χ0) is 14.3. The lowest BCUT2D eigenvalue weighted by atomic mass is 10.2. The number of likely N-dealkylation sites (tertiary alicyclic amines) is 1. The second-order valence-electron chi connectivity index (χ2n) is 5.78. The summed E-state index contributed by atoms with van der Waals surface area (Å²) in [5.41, 5.74) is 0.255. The lowest BCUT2D eigenvalue weighted by Crippen LogP contribution is -2.54. The van der Waals surface area contributed by atoms with Gasteiger partial charge in [-0.25, -0.2) is 12.8 Å². The number of sulfonamides is 1. The number of nitrogens with zero attached hydrogens (tertiary/aromatic N) is 2. The molecule has 0 aliphatic carbocycles. The molecule has 2 aliphatic rings. The highest BCUT2D eigenvalue weighted by atomic mass is 32.2. The van der Waals surface area contributed by atoms with Crippen molar-refractivity contribution < 1.29 is 12.8 Å². The summed E-state index contributed by atoms with van der Waals surface area (Å²) in [5.74, 6) is -0.686. The monoisotopic (exact) mass is 298 g/mol. The van der Waals surface area contributed by atoms with E-state index in [1.165, 1.54) is 6.07 Å². The van der Waals surface area contributed by atoms with Crippen molar-refractivity contribution in [3.63, 3.8) is 0 Å². The van der Waals surface area contributed by atoms with Gasteiger partial charge in [-0.2, -0.15) is 4.31 Å². The van der Waals surface area contributed by atoms with E-state index in [2.05, 4.69) is 4.90 Å². The Kier molecular flexibility index (Phi) is 3.56. The molecule has 2 saturated heterocycles. The molecule has 2 atom stereocenters. The van der Waals surface area contributed by atoms with Crippen molar-refractivity contribution in [2.75, 3.05) is 20.1 Å². The van der Waals surface area contributed by atoms with Crippen LogP contribution in [0.3, 0.4) is 0 Å². The Labute approximate surface area is 119 Å². The van der Waals surface area contributed by atoms with Crippen molar-refractivity contribution in [3.05, 3.63) is 35.6 Å². The van der Waals surface area contributed by atoms with Crippen LogP contribution >= 0.6 is 0 Å². The summed E-state index contributed by atoms with van der Waals surface area (Å²) in [5, 5.41) is 0. The summed E-state index contributed by atoms with van der Waals surface area (Å²) < 4.78 is 40.5. The third-order valence-electron chi connectivity index (χ3n) is 4.21. The van der Waals surface area contributed by atoms with E-state index in [-0.39, 0.29) is 23.4 Å². The Morgan fingerprint density at radius 2 is 1.80 bits per heavy atom. The van der Waals surface area contributed by atoms with Crippen LogP contribution in [0.5, 0.6) is 0 Å². The smallest absolute Gasteiger partial charge is 0.218 e. The molecule has 2 fully saturated rings. The van der Waals surface area contributed by atoms with E-state index in [0.29, 0.717) is 0 Å². The molecule has 0 radical (unpaired) electrons. The van der Waals surface area contributed by atoms with E-state index >= 15 is 0 Å². The number of piperazine rings is 1. The molecule has 2 unspecified atom stereocenters. The first-order valence-electron chi connectivity index (χ1n) is 6.90. The molecular formula is C14H19FN2O2S. The first kappa shape index (κ1) is 14.0. The SMILES string of the molecule is CN1CC2CCC(C1)N2S(=O)(=O)Cc1ccccc1F. The number of hydrogen-bond donors (Lipinski definition) is 0. The van der Waals surface area contributed by atoms with Gasteiger partial charge in [0, 0.05) is 30.7 Å². The maximum Gasteiger partial charge on any atom is 0.218 e. The zero-order valence-electron chi connectivity index (χ0n) is 11.5. The van der Waals surface area contributed by atoms with E-state index in [1.54, 1.807) is 22.5 Å². The number of likely N-dealkylation sites (N-methyl/N-ethyl adjacent to an activating group) is 1. The first-order chi connectivity index (χ1) is 9.47. The molecule has 4 nitrogen and oxygen atoms in total. The Bertz CT molecular complexity index is 591. The fraction of sp³-hybridized carbons (Fsp3) is 0.571. The Hall–Kier alpha value is -0.980. The zero-order valence-corrected chi connectivity index (χ0v) is 12.3. The summed E-state index contributed by atoms with van der Waals surface area (Å²) in [6.07, 6.45) is 1.82. The van der Waals surface area contributed by atoms with Gasteiger partial charge in [-0.1, -0.05) is 18.2 Å². The summed E-state index contributed by atoms with van der Waals surface area (Å²) in [6, 6.07) is 6.21. The largest absolute Gasteiger partial charge is 0.303 e. The van der Waals surface area contributed by atoms with Gasteiger partial charge in [-0.15, -0.1) is 0 Å². The van der Waals surface area contributed by atoms with E-state index < -0.39 is 15.8 Å². The molecule has 110 valence electrons. The van der Waals surface area contributed by atoms with Crippen LogP contribution in [0.2, 0.25) is 0 Å². The Morgan fingerprint density at radius 3 is 2.40 bits per heavy atom. The van der Waals surface area contributed by atoms with Crippen LogP contribution in [0.15, 0.2) is 24.3 Å². The van der Waals surface area contributed by atoms with Crippen molar-refractivity contribution in [1.82, 2.24) is 9.21 Å². The molecule has 0 saturated carbocycles. The minimum Gasteiger partial charge on any atom is -0.303 e. The van der Waals surface area contributed by atoms with Crippen LogP contribution in [0, 0.1) is 5.82 Å². The van der Waals surface area contributed by atoms with Gasteiger partial charge in [0.05, 0.1) is 5.75 Å². The van der Waals surface area contributed by atoms with Crippen molar-refractivity contribution in [2.45, 2.75) is 30.7 Å². The molecule has 6 heteroatoms. The maximum absolute atomic E-state index is 13.7. The highest BCUT2D eigenvalue weighted by molar-refractivity contribution is 7.88. The van der Waals surface area contributed by atoms with E-state index in [9.17, 15) is 12.8 Å². The first-order valence-corrected chi connectivity index (χ1v) is 8.51. The molecule has 1 aromatic rings. The fourth-order valence-electron chi connectivity index (χ4n) is 3.42. The predicted octanol–water partition coefficient (Wildman–Crippen LogP) is 1.43. The fourth-order valence-corrected chi connectivity index (χ4v) is 5.44. The van der Waals surface area contributed by atoms with Crippen LogP contribution in [0.1, 0.15) is 18.4 Å². The molecule has 1 aromatic carbocycles. The maximum atomic E-state index is 13.7. The summed E-state index contributed by atoms with van der Waals surface area (Å²) in [6.45, 7) is 1.54. The lowest BCUT2D eigenvalue weighted by molar-refractivity contribution is 0.154. The third kappa shape index (κ3) is 2.47. The van der Waals surface area contributed by atoms with Gasteiger partial charge in [-0.05, 0) is 26.0 Å². The molecule has 3 rings (SSSR count). The van der Waals surface area contributed by atoms with Gasteiger partial charge < -0.3 is 4.90 Å². The molecule has 2 aliphatic heterocycles. The van der Waals surface area contributed by atoms with Crippen molar-refractivity contribution in [2.24, 2.45) is 0 Å². The molecule has 2 heterocycles. The number of fused-ring (bicyclic) bond motifs is 2. The standard InChI is InChI=1S/C14H19FN2O2S/c1-16-8-12-6-7-13(9-16)17(12)20(18,19)10-11-4-2-3-5-14(11)15/h2-5,12-13H,6-10H2,1H3. The summed E-state index contributed by atoms with van der Waals surface area (Å²) in [7, 11) is -1.43. The molecule has 0 spiro atoms. The number of halogens is 1. The lowest BCUT2D eigenvalue weighted by Gasteiger charge is -2.38. The second kappa shape index (κ2) is 5.09. The molecular weight excluding hydrogens is 279 g/mol. The van der Waals surface area contributed by atoms with Gasteiger partial charge in [0.15, 0.2) is 0 Å². The molecule has 2 bridgehead atoms. The highest BCUT2D eigenvalue weighted by Gasteiger charge is 2.45. The van der Waals surface area contributed by atoms with Crippen molar-refractivity contribution in [3.8, 4) is 0 Å². The van der Waals surface area contributed by atoms with Gasteiger partial charge in [-0.3, -0.25) is 0 Å². The third-order valence-corrected chi connectivity index (χ3v) is 6.13. The van der Waals surface area contributed by atoms with Crippen molar-refractivity contribution in [1.29, 1.82) is 0 Å². The normalized spacial score (nSPS) is 27.9. The van der Waals surface area contributed by atoms with Crippen LogP contribution < -0.4 is 0 Å². The van der Waals surface area contributed by atoms with Crippen LogP contribution in [-0.2, 0) is 15.8 Å². The summed E-state index contributed by atoms with van der Waals surface area (Å²) in [4.78, 5) is 2.18. The molecule has 0 aromatic heterocycles. The minimum absolute atomic E-state index is 0.0514. The van der Waals surface area contributed by atoms with Gasteiger partial charge in [0.2, 0.25) is 10.0 Å². The number of rotatable bonds is 3.